The van der Waals surface area contributed by atoms with Gasteiger partial charge in [0.1, 0.15) is 0 Å². The number of halogens is 4. The highest BCUT2D eigenvalue weighted by Gasteiger charge is 2.26. The van der Waals surface area contributed by atoms with Gasteiger partial charge in [-0.2, -0.15) is 13.2 Å². The van der Waals surface area contributed by atoms with E-state index in [4.69, 9.17) is 0 Å². The van der Waals surface area contributed by atoms with Crippen LogP contribution in [0.25, 0.3) is 0 Å². The zero-order chi connectivity index (χ0) is 12.2. The molecular formula is C11H13BrF3N. The second-order valence-corrected chi connectivity index (χ2v) is 4.42. The number of hydrogen-bond donors (Lipinski definition) is 1. The summed E-state index contributed by atoms with van der Waals surface area (Å²) in [7, 11) is 0. The fourth-order valence-electron chi connectivity index (χ4n) is 1.37. The molecule has 0 amide bonds. The van der Waals surface area contributed by atoms with E-state index < -0.39 is 12.6 Å². The predicted molar refractivity (Wildman–Crippen MR) is 61.2 cm³/mol. The third-order valence-corrected chi connectivity index (χ3v) is 2.95. The van der Waals surface area contributed by atoms with Gasteiger partial charge in [-0.05, 0) is 18.6 Å². The summed E-state index contributed by atoms with van der Waals surface area (Å²) in [5, 5.41) is 2.85. The first-order valence-corrected chi connectivity index (χ1v) is 5.74. The number of hydrogen-bond acceptors (Lipinski definition) is 1. The normalized spacial score (nSPS) is 13.8. The standard InChI is InChI=1S/C11H13BrF3N/c1-8(16-7-6-11(13,14)15)9-4-2-3-5-10(9)12/h2-5,8,16H,6-7H2,1H3. The van der Waals surface area contributed by atoms with Crippen LogP contribution in [0.4, 0.5) is 13.2 Å². The number of nitrogens with one attached hydrogen (secondary N) is 1. The largest absolute Gasteiger partial charge is 0.390 e. The van der Waals surface area contributed by atoms with E-state index in [0.717, 1.165) is 10.0 Å². The molecular weight excluding hydrogens is 283 g/mol. The summed E-state index contributed by atoms with van der Waals surface area (Å²) in [5.74, 6) is 0. The Morgan fingerprint density at radius 3 is 2.50 bits per heavy atom. The maximum atomic E-state index is 11.9. The minimum absolute atomic E-state index is 0.0635. The van der Waals surface area contributed by atoms with Crippen molar-refractivity contribution in [2.24, 2.45) is 0 Å². The first-order chi connectivity index (χ1) is 7.40. The molecule has 0 saturated carbocycles. The van der Waals surface area contributed by atoms with Gasteiger partial charge in [0.05, 0.1) is 6.42 Å². The van der Waals surface area contributed by atoms with Crippen LogP contribution in [-0.2, 0) is 0 Å². The van der Waals surface area contributed by atoms with Gasteiger partial charge in [-0.1, -0.05) is 34.1 Å². The van der Waals surface area contributed by atoms with Crippen LogP contribution in [0.15, 0.2) is 28.7 Å². The lowest BCUT2D eigenvalue weighted by molar-refractivity contribution is -0.133. The van der Waals surface area contributed by atoms with Crippen molar-refractivity contribution in [1.82, 2.24) is 5.32 Å². The topological polar surface area (TPSA) is 12.0 Å². The van der Waals surface area contributed by atoms with Crippen LogP contribution in [0.3, 0.4) is 0 Å². The summed E-state index contributed by atoms with van der Waals surface area (Å²) in [6, 6.07) is 7.39. The minimum Gasteiger partial charge on any atom is -0.310 e. The highest BCUT2D eigenvalue weighted by atomic mass is 79.9. The Kier molecular flexibility index (Phi) is 4.80. The van der Waals surface area contributed by atoms with Crippen LogP contribution < -0.4 is 5.32 Å². The second kappa shape index (κ2) is 5.68. The monoisotopic (exact) mass is 295 g/mol. The fourth-order valence-corrected chi connectivity index (χ4v) is 1.99. The summed E-state index contributed by atoms with van der Waals surface area (Å²) in [6.07, 6.45) is -4.90. The highest BCUT2D eigenvalue weighted by molar-refractivity contribution is 9.10. The summed E-state index contributed by atoms with van der Waals surface area (Å²) >= 11 is 3.37. The van der Waals surface area contributed by atoms with Gasteiger partial charge < -0.3 is 5.32 Å². The van der Waals surface area contributed by atoms with Crippen LogP contribution in [0.5, 0.6) is 0 Å². The maximum absolute atomic E-state index is 11.9. The van der Waals surface area contributed by atoms with Crippen molar-refractivity contribution in [2.75, 3.05) is 6.54 Å². The average molecular weight is 296 g/mol. The van der Waals surface area contributed by atoms with Gasteiger partial charge in [0, 0.05) is 17.1 Å². The summed E-state index contributed by atoms with van der Waals surface area (Å²) in [5.41, 5.74) is 0.963. The molecule has 90 valence electrons. The SMILES string of the molecule is CC(NCCC(F)(F)F)c1ccccc1Br. The summed E-state index contributed by atoms with van der Waals surface area (Å²) in [4.78, 5) is 0. The Morgan fingerprint density at radius 2 is 1.94 bits per heavy atom. The van der Waals surface area contributed by atoms with Crippen LogP contribution >= 0.6 is 15.9 Å². The maximum Gasteiger partial charge on any atom is 0.390 e. The molecule has 1 N–H and O–H groups in total. The van der Waals surface area contributed by atoms with Gasteiger partial charge in [-0.3, -0.25) is 0 Å². The van der Waals surface area contributed by atoms with E-state index in [1.165, 1.54) is 0 Å². The minimum atomic E-state index is -4.10. The lowest BCUT2D eigenvalue weighted by atomic mass is 10.1. The van der Waals surface area contributed by atoms with Crippen molar-refractivity contribution in [3.63, 3.8) is 0 Å². The Bertz CT molecular complexity index is 338. The Morgan fingerprint density at radius 1 is 1.31 bits per heavy atom. The number of rotatable bonds is 4. The van der Waals surface area contributed by atoms with Crippen molar-refractivity contribution in [1.29, 1.82) is 0 Å². The molecule has 1 aromatic carbocycles. The van der Waals surface area contributed by atoms with Gasteiger partial charge in [-0.25, -0.2) is 0 Å². The Hall–Kier alpha value is -0.550. The predicted octanol–water partition coefficient (Wildman–Crippen LogP) is 4.05. The molecule has 0 aromatic heterocycles. The molecule has 0 heterocycles. The van der Waals surface area contributed by atoms with Crippen molar-refractivity contribution >= 4 is 15.9 Å². The van der Waals surface area contributed by atoms with Crippen molar-refractivity contribution in [3.8, 4) is 0 Å². The van der Waals surface area contributed by atoms with Crippen LogP contribution in [0, 0.1) is 0 Å². The van der Waals surface area contributed by atoms with Crippen molar-refractivity contribution < 1.29 is 13.2 Å². The third-order valence-electron chi connectivity index (χ3n) is 2.23. The van der Waals surface area contributed by atoms with Crippen LogP contribution in [-0.4, -0.2) is 12.7 Å². The second-order valence-electron chi connectivity index (χ2n) is 3.56. The molecule has 0 radical (unpaired) electrons. The Labute approximate surface area is 101 Å². The van der Waals surface area contributed by atoms with Gasteiger partial charge in [0.2, 0.25) is 0 Å². The molecule has 1 unspecified atom stereocenters. The highest BCUT2D eigenvalue weighted by Crippen LogP contribution is 2.23. The quantitative estimate of drug-likeness (QED) is 0.883. The molecule has 1 nitrogen and oxygen atoms in total. The Balaban J connectivity index is 2.47. The smallest absolute Gasteiger partial charge is 0.310 e. The molecule has 0 saturated heterocycles. The zero-order valence-corrected chi connectivity index (χ0v) is 10.4. The van der Waals surface area contributed by atoms with E-state index in [1.807, 2.05) is 31.2 Å². The molecule has 0 spiro atoms. The molecule has 0 aliphatic heterocycles. The molecule has 0 aliphatic rings. The lowest BCUT2D eigenvalue weighted by Crippen LogP contribution is -2.24. The molecule has 0 aliphatic carbocycles. The zero-order valence-electron chi connectivity index (χ0n) is 8.81. The van der Waals surface area contributed by atoms with E-state index in [9.17, 15) is 13.2 Å². The van der Waals surface area contributed by atoms with Crippen LogP contribution in [0.1, 0.15) is 24.9 Å². The molecule has 5 heteroatoms. The molecule has 0 fully saturated rings. The van der Waals surface area contributed by atoms with E-state index >= 15 is 0 Å². The number of alkyl halides is 3. The number of benzene rings is 1. The van der Waals surface area contributed by atoms with Crippen molar-refractivity contribution in [3.05, 3.63) is 34.3 Å². The van der Waals surface area contributed by atoms with E-state index in [2.05, 4.69) is 21.2 Å². The van der Waals surface area contributed by atoms with Gasteiger partial charge in [0.25, 0.3) is 0 Å². The van der Waals surface area contributed by atoms with E-state index in [1.54, 1.807) is 0 Å². The summed E-state index contributed by atoms with van der Waals surface area (Å²) < 4.78 is 36.7. The summed E-state index contributed by atoms with van der Waals surface area (Å²) in [6.45, 7) is 1.78. The third kappa shape index (κ3) is 4.53. The molecule has 0 bridgehead atoms. The van der Waals surface area contributed by atoms with E-state index in [-0.39, 0.29) is 12.6 Å². The first-order valence-electron chi connectivity index (χ1n) is 4.95. The molecule has 1 rings (SSSR count). The fraction of sp³-hybridized carbons (Fsp3) is 0.455. The van der Waals surface area contributed by atoms with E-state index in [0.29, 0.717) is 0 Å². The lowest BCUT2D eigenvalue weighted by Gasteiger charge is -2.16. The molecule has 1 atom stereocenters. The van der Waals surface area contributed by atoms with Crippen LogP contribution in [0.2, 0.25) is 0 Å². The van der Waals surface area contributed by atoms with Gasteiger partial charge in [0.15, 0.2) is 0 Å². The van der Waals surface area contributed by atoms with Crippen molar-refractivity contribution in [2.45, 2.75) is 25.6 Å². The molecule has 1 aromatic rings. The van der Waals surface area contributed by atoms with Gasteiger partial charge in [-0.15, -0.1) is 0 Å². The van der Waals surface area contributed by atoms with Gasteiger partial charge >= 0.3 is 6.18 Å². The molecule has 16 heavy (non-hydrogen) atoms. The average Bonchev–Trinajstić information content (AvgIpc) is 2.16. The first kappa shape index (κ1) is 13.5.